The van der Waals surface area contributed by atoms with Crippen LogP contribution < -0.4 is 16.0 Å². The zero-order valence-electron chi connectivity index (χ0n) is 19.2. The van der Waals surface area contributed by atoms with E-state index in [1.165, 1.54) is 6.07 Å². The van der Waals surface area contributed by atoms with E-state index in [2.05, 4.69) is 10.3 Å². The Kier molecular flexibility index (Phi) is 7.27. The van der Waals surface area contributed by atoms with Crippen LogP contribution in [0.5, 0.6) is 0 Å². The molecule has 2 amide bonds. The fourth-order valence-electron chi connectivity index (χ4n) is 4.75. The van der Waals surface area contributed by atoms with E-state index in [-0.39, 0.29) is 18.8 Å². The number of aromatic nitrogens is 1. The Hall–Kier alpha value is -3.18. The average Bonchev–Trinajstić information content (AvgIpc) is 2.84. The van der Waals surface area contributed by atoms with Gasteiger partial charge in [0.05, 0.1) is 42.4 Å². The van der Waals surface area contributed by atoms with Crippen LogP contribution in [0.25, 0.3) is 0 Å². The molecule has 3 N–H and O–H groups in total. The third-order valence-electron chi connectivity index (χ3n) is 6.52. The quantitative estimate of drug-likeness (QED) is 0.644. The minimum atomic E-state index is -4.54. The molecular weight excluding hydrogens is 463 g/mol. The first-order valence-corrected chi connectivity index (χ1v) is 11.5. The SMILES string of the molecule is NC(=O)[C@]1(c2ccccn2)CCCN(CC(=O)Nc2cc(C(F)(F)F)ccc2N2CCOCC2)C1. The van der Waals surface area contributed by atoms with Crippen molar-refractivity contribution in [2.75, 3.05) is 56.2 Å². The van der Waals surface area contributed by atoms with Crippen LogP contribution >= 0.6 is 0 Å². The predicted molar refractivity (Wildman–Crippen MR) is 124 cm³/mol. The van der Waals surface area contributed by atoms with Gasteiger partial charge in [0, 0.05) is 25.8 Å². The fourth-order valence-corrected chi connectivity index (χ4v) is 4.75. The van der Waals surface area contributed by atoms with Crippen LogP contribution in [0.1, 0.15) is 24.1 Å². The zero-order valence-corrected chi connectivity index (χ0v) is 19.2. The number of primary amides is 1. The van der Waals surface area contributed by atoms with Crippen molar-refractivity contribution in [2.24, 2.45) is 5.73 Å². The molecule has 3 heterocycles. The highest BCUT2D eigenvalue weighted by atomic mass is 19.4. The number of carbonyl (C=O) groups is 2. The smallest absolute Gasteiger partial charge is 0.378 e. The first-order valence-electron chi connectivity index (χ1n) is 11.5. The molecule has 4 rings (SSSR count). The van der Waals surface area contributed by atoms with Crippen molar-refractivity contribution < 1.29 is 27.5 Å². The number of hydrogen-bond donors (Lipinski definition) is 2. The Bertz CT molecular complexity index is 1060. The summed E-state index contributed by atoms with van der Waals surface area (Å²) in [7, 11) is 0. The molecule has 0 spiro atoms. The second-order valence-corrected chi connectivity index (χ2v) is 8.85. The minimum absolute atomic E-state index is 0.0922. The summed E-state index contributed by atoms with van der Waals surface area (Å²) >= 11 is 0. The largest absolute Gasteiger partial charge is 0.416 e. The summed E-state index contributed by atoms with van der Waals surface area (Å²) in [6.07, 6.45) is -1.83. The highest BCUT2D eigenvalue weighted by Gasteiger charge is 2.44. The maximum absolute atomic E-state index is 13.4. The number of amides is 2. The molecule has 1 aromatic heterocycles. The van der Waals surface area contributed by atoms with Crippen molar-refractivity contribution in [3.05, 3.63) is 53.9 Å². The van der Waals surface area contributed by atoms with Gasteiger partial charge in [-0.15, -0.1) is 0 Å². The minimum Gasteiger partial charge on any atom is -0.378 e. The van der Waals surface area contributed by atoms with Gasteiger partial charge in [-0.3, -0.25) is 19.5 Å². The van der Waals surface area contributed by atoms with Crippen LogP contribution in [0.3, 0.4) is 0 Å². The van der Waals surface area contributed by atoms with E-state index in [4.69, 9.17) is 10.5 Å². The van der Waals surface area contributed by atoms with Gasteiger partial charge in [0.15, 0.2) is 0 Å². The van der Waals surface area contributed by atoms with Gasteiger partial charge >= 0.3 is 6.18 Å². The number of hydrogen-bond acceptors (Lipinski definition) is 6. The van der Waals surface area contributed by atoms with Crippen LogP contribution in [0.4, 0.5) is 24.5 Å². The summed E-state index contributed by atoms with van der Waals surface area (Å²) in [6.45, 7) is 2.56. The number of halogens is 3. The van der Waals surface area contributed by atoms with Crippen LogP contribution in [0, 0.1) is 0 Å². The maximum atomic E-state index is 13.4. The molecule has 2 aliphatic heterocycles. The number of morpholine rings is 1. The van der Waals surface area contributed by atoms with E-state index in [9.17, 15) is 22.8 Å². The van der Waals surface area contributed by atoms with E-state index in [0.29, 0.717) is 57.1 Å². The molecule has 188 valence electrons. The number of carbonyl (C=O) groups excluding carboxylic acids is 2. The Morgan fingerprint density at radius 1 is 1.14 bits per heavy atom. The lowest BCUT2D eigenvalue weighted by Gasteiger charge is -2.40. The van der Waals surface area contributed by atoms with E-state index in [1.807, 2.05) is 4.90 Å². The van der Waals surface area contributed by atoms with Gasteiger partial charge < -0.3 is 20.7 Å². The van der Waals surface area contributed by atoms with Crippen molar-refractivity contribution >= 4 is 23.2 Å². The topological polar surface area (TPSA) is 101 Å². The summed E-state index contributed by atoms with van der Waals surface area (Å²) in [6, 6.07) is 8.61. The number of nitrogens with zero attached hydrogens (tertiary/aromatic N) is 3. The third-order valence-corrected chi connectivity index (χ3v) is 6.52. The highest BCUT2D eigenvalue weighted by molar-refractivity contribution is 5.96. The molecule has 11 heteroatoms. The van der Waals surface area contributed by atoms with Gasteiger partial charge in [-0.05, 0) is 49.7 Å². The zero-order chi connectivity index (χ0) is 25.1. The van der Waals surface area contributed by atoms with Crippen molar-refractivity contribution in [3.63, 3.8) is 0 Å². The van der Waals surface area contributed by atoms with Gasteiger partial charge in [-0.25, -0.2) is 0 Å². The number of piperidine rings is 1. The molecule has 0 saturated carbocycles. The molecule has 0 bridgehead atoms. The van der Waals surface area contributed by atoms with E-state index < -0.39 is 29.0 Å². The maximum Gasteiger partial charge on any atom is 0.416 e. The standard InChI is InChI=1S/C24H28F3N5O3/c25-24(26,27)17-5-6-19(32-10-12-35-13-11-32)18(14-17)30-21(33)15-31-9-3-7-23(16-31,22(28)34)20-4-1-2-8-29-20/h1-2,4-6,8,14H,3,7,9-13,15-16H2,(H2,28,34)(H,30,33)/t23-/m1/s1. The number of anilines is 2. The van der Waals surface area contributed by atoms with Crippen molar-refractivity contribution in [1.29, 1.82) is 0 Å². The lowest BCUT2D eigenvalue weighted by Crippen LogP contribution is -2.55. The lowest BCUT2D eigenvalue weighted by atomic mass is 9.76. The molecular formula is C24H28F3N5O3. The molecule has 2 fully saturated rings. The number of nitrogens with one attached hydrogen (secondary N) is 1. The summed E-state index contributed by atoms with van der Waals surface area (Å²) < 4.78 is 45.4. The second kappa shape index (κ2) is 10.2. The number of rotatable bonds is 6. The lowest BCUT2D eigenvalue weighted by molar-refractivity contribution is -0.137. The molecule has 2 saturated heterocycles. The summed E-state index contributed by atoms with van der Waals surface area (Å²) in [5.74, 6) is -0.992. The molecule has 1 aromatic carbocycles. The Morgan fingerprint density at radius 2 is 1.91 bits per heavy atom. The molecule has 0 unspecified atom stereocenters. The molecule has 2 aliphatic rings. The summed E-state index contributed by atoms with van der Waals surface area (Å²) in [4.78, 5) is 33.5. The van der Waals surface area contributed by atoms with E-state index in [0.717, 1.165) is 12.1 Å². The van der Waals surface area contributed by atoms with Gasteiger partial charge in [0.25, 0.3) is 0 Å². The third kappa shape index (κ3) is 5.57. The predicted octanol–water partition coefficient (Wildman–Crippen LogP) is 2.39. The molecule has 35 heavy (non-hydrogen) atoms. The van der Waals surface area contributed by atoms with Gasteiger partial charge in [0.2, 0.25) is 11.8 Å². The number of pyridine rings is 1. The Labute approximate surface area is 201 Å². The first kappa shape index (κ1) is 24.9. The van der Waals surface area contributed by atoms with Crippen molar-refractivity contribution in [2.45, 2.75) is 24.4 Å². The van der Waals surface area contributed by atoms with E-state index in [1.54, 1.807) is 29.3 Å². The summed E-state index contributed by atoms with van der Waals surface area (Å²) in [5, 5.41) is 2.67. The summed E-state index contributed by atoms with van der Waals surface area (Å²) in [5.41, 5.74) is 5.05. The molecule has 1 atom stereocenters. The molecule has 0 radical (unpaired) electrons. The average molecular weight is 492 g/mol. The van der Waals surface area contributed by atoms with E-state index >= 15 is 0 Å². The number of likely N-dealkylation sites (tertiary alicyclic amines) is 1. The normalized spacial score (nSPS) is 21.5. The van der Waals surface area contributed by atoms with Gasteiger partial charge in [-0.1, -0.05) is 6.07 Å². The number of alkyl halides is 3. The molecule has 0 aliphatic carbocycles. The monoisotopic (exact) mass is 491 g/mol. The van der Waals surface area contributed by atoms with Crippen LogP contribution in [-0.4, -0.2) is 67.6 Å². The number of nitrogens with two attached hydrogens (primary N) is 1. The Balaban J connectivity index is 1.53. The molecule has 2 aromatic rings. The Morgan fingerprint density at radius 3 is 2.57 bits per heavy atom. The van der Waals surface area contributed by atoms with Gasteiger partial charge in [-0.2, -0.15) is 13.2 Å². The second-order valence-electron chi connectivity index (χ2n) is 8.85. The van der Waals surface area contributed by atoms with Crippen LogP contribution in [0.2, 0.25) is 0 Å². The van der Waals surface area contributed by atoms with Crippen LogP contribution in [0.15, 0.2) is 42.6 Å². The van der Waals surface area contributed by atoms with Gasteiger partial charge in [0.1, 0.15) is 5.41 Å². The van der Waals surface area contributed by atoms with Crippen LogP contribution in [-0.2, 0) is 25.9 Å². The number of benzene rings is 1. The fraction of sp³-hybridized carbons (Fsp3) is 0.458. The number of ether oxygens (including phenoxy) is 1. The first-order chi connectivity index (χ1) is 16.7. The van der Waals surface area contributed by atoms with Crippen molar-refractivity contribution in [1.82, 2.24) is 9.88 Å². The highest BCUT2D eigenvalue weighted by Crippen LogP contribution is 2.36. The van der Waals surface area contributed by atoms with Crippen molar-refractivity contribution in [3.8, 4) is 0 Å². The molecule has 8 nitrogen and oxygen atoms in total.